The Morgan fingerprint density at radius 2 is 0.429 bits per heavy atom. The van der Waals surface area contributed by atoms with Gasteiger partial charge in [-0.15, -0.1) is 0 Å². The first-order chi connectivity index (χ1) is 20.6. The fourth-order valence-corrected chi connectivity index (χ4v) is 8.97. The van der Waals surface area contributed by atoms with Crippen molar-refractivity contribution in [1.29, 1.82) is 3.80 Å². The standard InChI is InChI=1S/2C18H15P.2ClH.N.Re/c2*1-4-10-16(11-5-1)19(17-12-6-2-7-13-17)18-14-8-3-9-15-18;;;;/h2*1-15H;2*1H;;/q;;;;;+2/p-2. The maximum Gasteiger partial charge on any atom is -0.0134 e. The zero-order chi connectivity index (χ0) is 29.4. The van der Waals surface area contributed by atoms with E-state index in [4.69, 9.17) is 22.9 Å². The molecule has 0 saturated carbocycles. The Morgan fingerprint density at radius 3 is 0.548 bits per heavy atom. The van der Waals surface area contributed by atoms with Crippen molar-refractivity contribution in [3.05, 3.63) is 182 Å². The molecule has 0 spiro atoms. The van der Waals surface area contributed by atoms with E-state index in [9.17, 15) is 0 Å². The van der Waals surface area contributed by atoms with E-state index >= 15 is 0 Å². The summed E-state index contributed by atoms with van der Waals surface area (Å²) in [7, 11) is 8.67. The number of hydrogen-bond acceptors (Lipinski definition) is 1. The van der Waals surface area contributed by atoms with Crippen LogP contribution in [0.1, 0.15) is 0 Å². The molecule has 0 fully saturated rings. The smallest absolute Gasteiger partial charge is 0.0134 e. The zero-order valence-corrected chi connectivity index (χ0v) is 28.8. The summed E-state index contributed by atoms with van der Waals surface area (Å²) in [4.78, 5) is 0. The SMILES string of the molecule is [N]#[Re]([Cl])[Cl].c1ccc(P(c2ccccc2)c2ccccc2)cc1.c1ccc(P(c2ccccc2)c2ccccc2)cc1. The number of nitrogens with zero attached hydrogens (tertiary/aromatic N) is 1. The van der Waals surface area contributed by atoms with Gasteiger partial charge in [0.1, 0.15) is 0 Å². The summed E-state index contributed by atoms with van der Waals surface area (Å²) in [6.45, 7) is 0. The van der Waals surface area contributed by atoms with E-state index in [1.807, 2.05) is 0 Å². The molecule has 6 rings (SSSR count). The third kappa shape index (κ3) is 10.1. The fraction of sp³-hybridized carbons (Fsp3) is 0. The first-order valence-electron chi connectivity index (χ1n) is 13.3. The molecule has 0 N–H and O–H groups in total. The maximum atomic E-state index is 7.77. The van der Waals surface area contributed by atoms with Crippen molar-refractivity contribution in [1.82, 2.24) is 0 Å². The first kappa shape index (κ1) is 32.1. The normalized spacial score (nSPS) is 10.4. The summed E-state index contributed by atoms with van der Waals surface area (Å²) in [6.07, 6.45) is 0. The van der Waals surface area contributed by atoms with Crippen LogP contribution in [0.4, 0.5) is 0 Å². The van der Waals surface area contributed by atoms with Gasteiger partial charge in [0.05, 0.1) is 0 Å². The average Bonchev–Trinajstić information content (AvgIpc) is 3.05. The van der Waals surface area contributed by atoms with Crippen molar-refractivity contribution in [2.24, 2.45) is 0 Å². The van der Waals surface area contributed by atoms with Crippen LogP contribution in [-0.4, -0.2) is 0 Å². The van der Waals surface area contributed by atoms with E-state index in [0.29, 0.717) is 0 Å². The van der Waals surface area contributed by atoms with Crippen molar-refractivity contribution >= 4 is 66.7 Å². The predicted molar refractivity (Wildman–Crippen MR) is 184 cm³/mol. The predicted octanol–water partition coefficient (Wildman–Crippen LogP) is 8.28. The van der Waals surface area contributed by atoms with Crippen LogP contribution in [-0.2, 0) is 14.4 Å². The minimum atomic E-state index is -2.52. The average molecular weight is 796 g/mol. The maximum absolute atomic E-state index is 7.77. The molecule has 0 saturated heterocycles. The Hall–Kier alpha value is -2.87. The summed E-state index contributed by atoms with van der Waals surface area (Å²) < 4.78 is 7.77. The summed E-state index contributed by atoms with van der Waals surface area (Å²) >= 11 is -2.52. The summed E-state index contributed by atoms with van der Waals surface area (Å²) in [5, 5.41) is 8.39. The Balaban J connectivity index is 0.000000171. The van der Waals surface area contributed by atoms with Gasteiger partial charge in [-0.25, -0.2) is 0 Å². The summed E-state index contributed by atoms with van der Waals surface area (Å²) in [5.74, 6) is 0. The van der Waals surface area contributed by atoms with Crippen LogP contribution in [0.5, 0.6) is 0 Å². The van der Waals surface area contributed by atoms with Crippen molar-refractivity contribution in [2.45, 2.75) is 0 Å². The van der Waals surface area contributed by atoms with Gasteiger partial charge in [0.15, 0.2) is 0 Å². The van der Waals surface area contributed by atoms with Gasteiger partial charge in [-0.3, -0.25) is 0 Å². The van der Waals surface area contributed by atoms with Crippen molar-refractivity contribution in [3.8, 4) is 0 Å². The molecule has 210 valence electrons. The van der Waals surface area contributed by atoms with E-state index in [1.165, 1.54) is 31.8 Å². The quantitative estimate of drug-likeness (QED) is 0.156. The number of hydrogen-bond donors (Lipinski definition) is 0. The second kappa shape index (κ2) is 17.9. The van der Waals surface area contributed by atoms with Crippen LogP contribution in [0.2, 0.25) is 0 Å². The second-order valence-electron chi connectivity index (χ2n) is 8.87. The molecule has 6 aromatic carbocycles. The monoisotopic (exact) mass is 795 g/mol. The molecule has 0 aromatic heterocycles. The molecule has 0 unspecified atom stereocenters. The largest absolute Gasteiger partial charge is 0.0622 e. The number of rotatable bonds is 6. The van der Waals surface area contributed by atoms with Gasteiger partial charge in [-0.05, 0) is 47.7 Å². The Morgan fingerprint density at radius 1 is 0.310 bits per heavy atom. The number of benzene rings is 6. The molecule has 6 heteroatoms. The van der Waals surface area contributed by atoms with E-state index in [2.05, 4.69) is 182 Å². The molecule has 0 aliphatic rings. The van der Waals surface area contributed by atoms with E-state index in [-0.39, 0.29) is 0 Å². The summed E-state index contributed by atoms with van der Waals surface area (Å²) in [6, 6.07) is 64.7. The van der Waals surface area contributed by atoms with E-state index in [1.54, 1.807) is 0 Å². The molecule has 1 nitrogen and oxygen atoms in total. The third-order valence-corrected chi connectivity index (χ3v) is 11.0. The molecule has 0 amide bonds. The zero-order valence-electron chi connectivity index (χ0n) is 22.8. The van der Waals surface area contributed by atoms with Gasteiger partial charge in [0.2, 0.25) is 0 Å². The van der Waals surface area contributed by atoms with Gasteiger partial charge >= 0.3 is 37.2 Å². The number of halogens is 2. The molecule has 0 bridgehead atoms. The minimum absolute atomic E-state index is 0.446. The minimum Gasteiger partial charge on any atom is -0.0622 e. The second-order valence-corrected chi connectivity index (χ2v) is 20.2. The topological polar surface area (TPSA) is 23.8 Å². The van der Waals surface area contributed by atoms with Crippen LogP contribution in [0.25, 0.3) is 0 Å². The molecule has 6 aromatic rings. The molecule has 0 atom stereocenters. The van der Waals surface area contributed by atoms with Gasteiger partial charge in [-0.2, -0.15) is 0 Å². The Labute approximate surface area is 265 Å². The van der Waals surface area contributed by atoms with Crippen LogP contribution in [0.3, 0.4) is 0 Å². The van der Waals surface area contributed by atoms with Crippen molar-refractivity contribution in [2.75, 3.05) is 0 Å². The molecular formula is C36H30Cl2NP2Re. The molecule has 0 radical (unpaired) electrons. The third-order valence-electron chi connectivity index (χ3n) is 6.09. The molecule has 42 heavy (non-hydrogen) atoms. The molecule has 0 aliphatic carbocycles. The van der Waals surface area contributed by atoms with Crippen molar-refractivity contribution < 1.29 is 14.4 Å². The molecule has 0 aliphatic heterocycles. The van der Waals surface area contributed by atoms with Gasteiger partial charge in [-0.1, -0.05) is 182 Å². The van der Waals surface area contributed by atoms with Gasteiger partial charge in [0, 0.05) is 0 Å². The van der Waals surface area contributed by atoms with Crippen LogP contribution >= 0.6 is 34.9 Å². The molecule has 0 heterocycles. The van der Waals surface area contributed by atoms with E-state index in [0.717, 1.165) is 0 Å². The fourth-order valence-electron chi connectivity index (χ4n) is 4.36. The van der Waals surface area contributed by atoms with E-state index < -0.39 is 30.2 Å². The van der Waals surface area contributed by atoms with Gasteiger partial charge in [0.25, 0.3) is 0 Å². The first-order valence-corrected chi connectivity index (χ1v) is 23.9. The van der Waals surface area contributed by atoms with Crippen LogP contribution in [0.15, 0.2) is 182 Å². The van der Waals surface area contributed by atoms with Crippen LogP contribution in [0, 0.1) is 3.80 Å². The Bertz CT molecular complexity index is 1340. The van der Waals surface area contributed by atoms with Crippen LogP contribution < -0.4 is 31.8 Å². The Kier molecular flexibility index (Phi) is 13.7. The summed E-state index contributed by atoms with van der Waals surface area (Å²) in [5.41, 5.74) is 0. The van der Waals surface area contributed by atoms with Gasteiger partial charge < -0.3 is 0 Å². The van der Waals surface area contributed by atoms with Crippen molar-refractivity contribution in [3.63, 3.8) is 0 Å². The molecular weight excluding hydrogens is 765 g/mol.